The highest BCUT2D eigenvalue weighted by Crippen LogP contribution is 2.52. The van der Waals surface area contributed by atoms with Gasteiger partial charge in [-0.25, -0.2) is 4.79 Å². The minimum Gasteiger partial charge on any atom is -0.477 e. The number of nitrogens with one attached hydrogen (secondary N) is 1. The Labute approximate surface area is 164 Å². The van der Waals surface area contributed by atoms with Crippen LogP contribution in [0.25, 0.3) is 0 Å². The molecule has 0 aromatic carbocycles. The summed E-state index contributed by atoms with van der Waals surface area (Å²) >= 11 is 1.66. The van der Waals surface area contributed by atoms with E-state index in [0.717, 1.165) is 37.5 Å². The molecule has 7 nitrogen and oxygen atoms in total. The zero-order valence-electron chi connectivity index (χ0n) is 15.9. The average Bonchev–Trinajstić information content (AvgIpc) is 3.18. The Bertz CT molecular complexity index is 661. The third kappa shape index (κ3) is 3.20. The van der Waals surface area contributed by atoms with Crippen LogP contribution < -0.4 is 5.32 Å². The Morgan fingerprint density at radius 1 is 1.30 bits per heavy atom. The van der Waals surface area contributed by atoms with Gasteiger partial charge in [0.1, 0.15) is 5.70 Å². The summed E-state index contributed by atoms with van der Waals surface area (Å²) in [5.41, 5.74) is 0.153. The quantitative estimate of drug-likeness (QED) is 0.590. The zero-order chi connectivity index (χ0) is 19.3. The Kier molecular flexibility index (Phi) is 5.26. The van der Waals surface area contributed by atoms with Gasteiger partial charge in [-0.15, -0.1) is 11.8 Å². The molecule has 0 aromatic heterocycles. The number of thioether (sulfide) groups is 1. The van der Waals surface area contributed by atoms with Gasteiger partial charge in [0, 0.05) is 28.7 Å². The van der Waals surface area contributed by atoms with Gasteiger partial charge in [0.15, 0.2) is 0 Å². The van der Waals surface area contributed by atoms with Gasteiger partial charge in [0.2, 0.25) is 5.91 Å². The summed E-state index contributed by atoms with van der Waals surface area (Å²) in [7, 11) is 0. The van der Waals surface area contributed by atoms with E-state index in [0.29, 0.717) is 11.3 Å². The van der Waals surface area contributed by atoms with Crippen molar-refractivity contribution >= 4 is 23.6 Å². The minimum atomic E-state index is -1.03. The van der Waals surface area contributed by atoms with Crippen LogP contribution in [0.1, 0.15) is 33.1 Å². The van der Waals surface area contributed by atoms with E-state index < -0.39 is 18.0 Å². The Morgan fingerprint density at radius 3 is 2.63 bits per heavy atom. The molecule has 3 saturated heterocycles. The van der Waals surface area contributed by atoms with E-state index in [4.69, 9.17) is 0 Å². The van der Waals surface area contributed by atoms with E-state index in [2.05, 4.69) is 10.2 Å². The first-order valence-electron chi connectivity index (χ1n) is 10.00. The van der Waals surface area contributed by atoms with Gasteiger partial charge in [0.05, 0.1) is 18.1 Å². The summed E-state index contributed by atoms with van der Waals surface area (Å²) in [4.78, 5) is 29.1. The van der Waals surface area contributed by atoms with Crippen molar-refractivity contribution in [3.05, 3.63) is 10.6 Å². The second-order valence-corrected chi connectivity index (χ2v) is 9.62. The summed E-state index contributed by atoms with van der Waals surface area (Å²) in [6.45, 7) is 7.81. The van der Waals surface area contributed by atoms with E-state index in [1.165, 1.54) is 17.7 Å². The number of β-lactam (4-membered cyclic amide) rings is 1. The van der Waals surface area contributed by atoms with E-state index in [1.807, 2.05) is 6.92 Å². The van der Waals surface area contributed by atoms with Gasteiger partial charge in [-0.1, -0.05) is 6.92 Å². The molecule has 1 amide bonds. The molecule has 5 atom stereocenters. The van der Waals surface area contributed by atoms with Crippen LogP contribution in [0.5, 0.6) is 0 Å². The number of piperidine rings is 1. The molecule has 0 bridgehead atoms. The Balaban J connectivity index is 1.48. The van der Waals surface area contributed by atoms with Gasteiger partial charge < -0.3 is 20.4 Å². The van der Waals surface area contributed by atoms with Crippen molar-refractivity contribution in [3.8, 4) is 0 Å². The van der Waals surface area contributed by atoms with Crippen molar-refractivity contribution < 1.29 is 19.8 Å². The molecule has 150 valence electrons. The van der Waals surface area contributed by atoms with Crippen LogP contribution >= 0.6 is 11.8 Å². The molecule has 0 saturated carbocycles. The number of nitrogens with zero attached hydrogens (tertiary/aromatic N) is 2. The minimum absolute atomic E-state index is 0.0358. The normalized spacial score (nSPS) is 36.1. The summed E-state index contributed by atoms with van der Waals surface area (Å²) < 4.78 is 0. The molecule has 4 rings (SSSR count). The molecule has 0 aliphatic carbocycles. The van der Waals surface area contributed by atoms with Crippen molar-refractivity contribution in [1.82, 2.24) is 15.1 Å². The fourth-order valence-electron chi connectivity index (χ4n) is 5.21. The largest absolute Gasteiger partial charge is 0.477 e. The van der Waals surface area contributed by atoms with E-state index in [1.54, 1.807) is 18.7 Å². The van der Waals surface area contributed by atoms with E-state index >= 15 is 0 Å². The lowest BCUT2D eigenvalue weighted by Gasteiger charge is -2.46. The summed E-state index contributed by atoms with van der Waals surface area (Å²) in [6.07, 6.45) is 2.66. The van der Waals surface area contributed by atoms with Crippen LogP contribution in [-0.4, -0.2) is 81.5 Å². The first-order chi connectivity index (χ1) is 12.9. The van der Waals surface area contributed by atoms with Crippen molar-refractivity contribution in [3.63, 3.8) is 0 Å². The van der Waals surface area contributed by atoms with Gasteiger partial charge in [-0.2, -0.15) is 0 Å². The van der Waals surface area contributed by atoms with Gasteiger partial charge >= 0.3 is 5.97 Å². The predicted octanol–water partition coefficient (Wildman–Crippen LogP) is 0.700. The average molecular weight is 396 g/mol. The van der Waals surface area contributed by atoms with E-state index in [-0.39, 0.29) is 23.6 Å². The molecule has 8 heteroatoms. The maximum atomic E-state index is 12.4. The molecular formula is C19H29N3O4S. The third-order valence-corrected chi connectivity index (χ3v) is 8.14. The number of rotatable bonds is 5. The molecule has 0 spiro atoms. The molecule has 3 N–H and O–H groups in total. The number of carbonyl (C=O) groups excluding carboxylic acids is 1. The summed E-state index contributed by atoms with van der Waals surface area (Å²) in [5.74, 6) is -1.80. The van der Waals surface area contributed by atoms with Crippen LogP contribution in [0.3, 0.4) is 0 Å². The Morgan fingerprint density at radius 2 is 2.00 bits per heavy atom. The van der Waals surface area contributed by atoms with Crippen molar-refractivity contribution in [2.75, 3.05) is 26.2 Å². The lowest BCUT2D eigenvalue weighted by Crippen LogP contribution is -2.63. The van der Waals surface area contributed by atoms with Gasteiger partial charge in [0.25, 0.3) is 0 Å². The fourth-order valence-corrected chi connectivity index (χ4v) is 6.71. The number of aliphatic hydroxyl groups is 1. The number of carboxylic acids is 1. The molecule has 4 aliphatic heterocycles. The lowest BCUT2D eigenvalue weighted by molar-refractivity contribution is -0.163. The van der Waals surface area contributed by atoms with Crippen LogP contribution in [0.15, 0.2) is 10.6 Å². The molecule has 0 radical (unpaired) electrons. The highest BCUT2D eigenvalue weighted by atomic mass is 32.2. The number of aliphatic carboxylic acids is 1. The molecule has 1 unspecified atom stereocenters. The van der Waals surface area contributed by atoms with Gasteiger partial charge in [-0.3, -0.25) is 9.69 Å². The van der Waals surface area contributed by atoms with Crippen LogP contribution in [-0.2, 0) is 9.59 Å². The second kappa shape index (κ2) is 7.39. The molecule has 4 heterocycles. The number of amides is 1. The van der Waals surface area contributed by atoms with Crippen LogP contribution in [0.2, 0.25) is 0 Å². The number of carboxylic acid groups (broad SMARTS) is 1. The second-order valence-electron chi connectivity index (χ2n) is 8.28. The zero-order valence-corrected chi connectivity index (χ0v) is 16.7. The van der Waals surface area contributed by atoms with Crippen LogP contribution in [0.4, 0.5) is 0 Å². The number of likely N-dealkylation sites (tertiary alicyclic amines) is 1. The molecule has 4 aliphatic rings. The number of hydrogen-bond acceptors (Lipinski definition) is 6. The summed E-state index contributed by atoms with van der Waals surface area (Å²) in [5, 5.41) is 23.5. The smallest absolute Gasteiger partial charge is 0.353 e. The number of aliphatic hydroxyl groups excluding tert-OH is 1. The van der Waals surface area contributed by atoms with Crippen molar-refractivity contribution in [2.24, 2.45) is 11.8 Å². The molecule has 3 fully saturated rings. The SMILES string of the molecule is CC(O)[C@H]1C(=O)N2C(C(=O)O)=C(S[C@H]3CCN(C4CCNCC4)C3)[C@H](C)[C@H]12. The lowest BCUT2D eigenvalue weighted by atomic mass is 9.79. The monoisotopic (exact) mass is 395 g/mol. The first-order valence-corrected chi connectivity index (χ1v) is 10.9. The van der Waals surface area contributed by atoms with Crippen molar-refractivity contribution in [1.29, 1.82) is 0 Å². The van der Waals surface area contributed by atoms with Crippen molar-refractivity contribution in [2.45, 2.75) is 56.5 Å². The topological polar surface area (TPSA) is 93.1 Å². The standard InChI is InChI=1S/C19H29N3O4S/c1-10-15-14(11(2)23)18(24)22(15)16(19(25)26)17(10)27-13-5-8-21(9-13)12-3-6-20-7-4-12/h10-15,20,23H,3-9H2,1-2H3,(H,25,26)/t10-,11?,13+,14-,15-/m1/s1. The highest BCUT2D eigenvalue weighted by molar-refractivity contribution is 8.03. The number of fused-ring (bicyclic) bond motifs is 1. The fraction of sp³-hybridized carbons (Fsp3) is 0.789. The molecule has 27 heavy (non-hydrogen) atoms. The third-order valence-electron chi connectivity index (χ3n) is 6.61. The van der Waals surface area contributed by atoms with E-state index in [9.17, 15) is 19.8 Å². The molecule has 0 aromatic rings. The highest BCUT2D eigenvalue weighted by Gasteiger charge is 2.60. The van der Waals surface area contributed by atoms with Gasteiger partial charge in [-0.05, 0) is 45.8 Å². The van der Waals surface area contributed by atoms with Crippen LogP contribution in [0, 0.1) is 11.8 Å². The number of carbonyl (C=O) groups is 2. The maximum Gasteiger partial charge on any atom is 0.353 e. The number of hydrogen-bond donors (Lipinski definition) is 3. The molecular weight excluding hydrogens is 366 g/mol. The summed E-state index contributed by atoms with van der Waals surface area (Å²) in [6, 6.07) is 0.417. The predicted molar refractivity (Wildman–Crippen MR) is 103 cm³/mol. The maximum absolute atomic E-state index is 12.4. The Hall–Kier alpha value is -1.09. The first kappa shape index (κ1) is 19.2.